The number of carbonyl (C=O) groups is 1. The van der Waals surface area contributed by atoms with Gasteiger partial charge in [0.05, 0.1) is 6.61 Å². The smallest absolute Gasteiger partial charge is 0.300 e. The summed E-state index contributed by atoms with van der Waals surface area (Å²) in [6.07, 6.45) is 0.597. The lowest BCUT2D eigenvalue weighted by molar-refractivity contribution is 0.105. The van der Waals surface area contributed by atoms with E-state index in [4.69, 9.17) is 4.52 Å². The van der Waals surface area contributed by atoms with E-state index in [-0.39, 0.29) is 6.61 Å². The lowest BCUT2D eigenvalue weighted by atomic mass is 10.2. The number of carbonyl (C=O) groups excluding carboxylic acids is 1. The molecule has 0 aliphatic heterocycles. The van der Waals surface area contributed by atoms with Crippen LogP contribution in [0.4, 0.5) is 0 Å². The van der Waals surface area contributed by atoms with Gasteiger partial charge in [0.15, 0.2) is 0 Å². The van der Waals surface area contributed by atoms with Gasteiger partial charge in [-0.15, -0.1) is 0 Å². The van der Waals surface area contributed by atoms with E-state index in [0.717, 1.165) is 5.56 Å². The van der Waals surface area contributed by atoms with Crippen LogP contribution in [-0.4, -0.2) is 12.1 Å². The number of rotatable bonds is 7. The molecule has 3 aromatic carbocycles. The number of hydrogen-bond donors (Lipinski definition) is 0. The molecule has 0 amide bonds. The molecule has 0 N–H and O–H groups in total. The minimum absolute atomic E-state index is 0.217. The second-order valence-electron chi connectivity index (χ2n) is 5.63. The summed E-state index contributed by atoms with van der Waals surface area (Å²) in [7, 11) is -3.66. The molecule has 0 spiro atoms. The Morgan fingerprint density at radius 1 is 0.760 bits per heavy atom. The Balaban J connectivity index is 1.85. The SMILES string of the molecule is O=C(c1ccccc1)P(=O)(OCCc1ccccc1)c1ccccc1. The third-order valence-corrected chi connectivity index (χ3v) is 6.21. The Morgan fingerprint density at radius 3 is 1.88 bits per heavy atom. The van der Waals surface area contributed by atoms with Gasteiger partial charge in [-0.1, -0.05) is 78.9 Å². The molecule has 0 heterocycles. The molecule has 0 bridgehead atoms. The van der Waals surface area contributed by atoms with Gasteiger partial charge in [-0.3, -0.25) is 9.36 Å². The van der Waals surface area contributed by atoms with E-state index in [1.807, 2.05) is 42.5 Å². The van der Waals surface area contributed by atoms with Crippen LogP contribution in [0.5, 0.6) is 0 Å². The molecule has 4 heteroatoms. The Kier molecular flexibility index (Phi) is 5.60. The van der Waals surface area contributed by atoms with Crippen molar-refractivity contribution in [1.82, 2.24) is 0 Å². The number of benzene rings is 3. The molecule has 0 aromatic heterocycles. The average molecular weight is 350 g/mol. The van der Waals surface area contributed by atoms with Crippen molar-refractivity contribution < 1.29 is 13.9 Å². The number of hydrogen-bond acceptors (Lipinski definition) is 3. The maximum Gasteiger partial charge on any atom is 0.300 e. The molecule has 25 heavy (non-hydrogen) atoms. The lowest BCUT2D eigenvalue weighted by Crippen LogP contribution is -2.16. The zero-order chi connectivity index (χ0) is 17.5. The Hall–Kier alpha value is -2.48. The predicted molar refractivity (Wildman–Crippen MR) is 101 cm³/mol. The van der Waals surface area contributed by atoms with Crippen LogP contribution in [0.25, 0.3) is 0 Å². The molecular weight excluding hydrogens is 331 g/mol. The zero-order valence-corrected chi connectivity index (χ0v) is 14.6. The first-order chi connectivity index (χ1) is 12.2. The largest absolute Gasteiger partial charge is 0.320 e. The van der Waals surface area contributed by atoms with Crippen LogP contribution in [0.1, 0.15) is 15.9 Å². The first kappa shape index (κ1) is 17.3. The van der Waals surface area contributed by atoms with E-state index in [2.05, 4.69) is 0 Å². The Labute approximate surface area is 147 Å². The maximum absolute atomic E-state index is 13.5. The van der Waals surface area contributed by atoms with Gasteiger partial charge >= 0.3 is 7.37 Å². The first-order valence-corrected chi connectivity index (χ1v) is 9.77. The van der Waals surface area contributed by atoms with Crippen molar-refractivity contribution in [3.63, 3.8) is 0 Å². The summed E-state index contributed by atoms with van der Waals surface area (Å²) in [6, 6.07) is 27.2. The summed E-state index contributed by atoms with van der Waals surface area (Å²) < 4.78 is 19.3. The van der Waals surface area contributed by atoms with Gasteiger partial charge in [-0.25, -0.2) is 0 Å². The summed E-state index contributed by atoms with van der Waals surface area (Å²) in [5.74, 6) is 0. The van der Waals surface area contributed by atoms with Gasteiger partial charge in [0.25, 0.3) is 5.52 Å². The van der Waals surface area contributed by atoms with Gasteiger partial charge in [0.1, 0.15) is 0 Å². The highest BCUT2D eigenvalue weighted by Crippen LogP contribution is 2.49. The second kappa shape index (κ2) is 8.06. The third kappa shape index (κ3) is 4.14. The Bertz CT molecular complexity index is 861. The molecule has 1 atom stereocenters. The monoisotopic (exact) mass is 350 g/mol. The van der Waals surface area contributed by atoms with Gasteiger partial charge in [0.2, 0.25) is 0 Å². The molecule has 3 aromatic rings. The maximum atomic E-state index is 13.5. The van der Waals surface area contributed by atoms with Crippen LogP contribution in [0.2, 0.25) is 0 Å². The van der Waals surface area contributed by atoms with Crippen molar-refractivity contribution in [1.29, 1.82) is 0 Å². The second-order valence-corrected chi connectivity index (χ2v) is 7.91. The van der Waals surface area contributed by atoms with Crippen molar-refractivity contribution in [2.45, 2.75) is 6.42 Å². The third-order valence-electron chi connectivity index (χ3n) is 3.89. The van der Waals surface area contributed by atoms with Gasteiger partial charge in [-0.05, 0) is 24.1 Å². The summed E-state index contributed by atoms with van der Waals surface area (Å²) in [5.41, 5.74) is 1.01. The van der Waals surface area contributed by atoms with E-state index in [1.54, 1.807) is 48.5 Å². The van der Waals surface area contributed by atoms with Gasteiger partial charge < -0.3 is 4.52 Å². The molecule has 0 saturated carbocycles. The van der Waals surface area contributed by atoms with Gasteiger partial charge in [-0.2, -0.15) is 0 Å². The van der Waals surface area contributed by atoms with Crippen LogP contribution >= 0.6 is 7.37 Å². The minimum atomic E-state index is -3.66. The molecule has 0 saturated heterocycles. The topological polar surface area (TPSA) is 43.4 Å². The van der Waals surface area contributed by atoms with Crippen molar-refractivity contribution in [2.75, 3.05) is 6.61 Å². The highest BCUT2D eigenvalue weighted by atomic mass is 31.2. The summed E-state index contributed by atoms with van der Waals surface area (Å²) in [4.78, 5) is 12.9. The van der Waals surface area contributed by atoms with Crippen molar-refractivity contribution in [3.8, 4) is 0 Å². The fourth-order valence-corrected chi connectivity index (χ4v) is 4.46. The predicted octanol–water partition coefficient (Wildman–Crippen LogP) is 4.69. The van der Waals surface area contributed by atoms with Crippen LogP contribution in [0, 0.1) is 0 Å². The zero-order valence-electron chi connectivity index (χ0n) is 13.7. The highest BCUT2D eigenvalue weighted by Gasteiger charge is 2.35. The van der Waals surface area contributed by atoms with Gasteiger partial charge in [0, 0.05) is 10.9 Å². The van der Waals surface area contributed by atoms with Crippen molar-refractivity contribution >= 4 is 18.2 Å². The fraction of sp³-hybridized carbons (Fsp3) is 0.0952. The molecule has 0 aliphatic carbocycles. The molecule has 3 nitrogen and oxygen atoms in total. The molecular formula is C21H19O3P. The van der Waals surface area contributed by atoms with Crippen molar-refractivity contribution in [2.24, 2.45) is 0 Å². The summed E-state index contributed by atoms with van der Waals surface area (Å²) >= 11 is 0. The van der Waals surface area contributed by atoms with E-state index in [1.165, 1.54) is 0 Å². The fourth-order valence-electron chi connectivity index (χ4n) is 2.56. The quantitative estimate of drug-likeness (QED) is 0.581. The average Bonchev–Trinajstić information content (AvgIpc) is 2.69. The summed E-state index contributed by atoms with van der Waals surface area (Å²) in [6.45, 7) is 0.217. The molecule has 126 valence electrons. The standard InChI is InChI=1S/C21H19O3P/c22-21(19-12-6-2-7-13-19)25(23,20-14-8-3-9-15-20)24-17-16-18-10-4-1-5-11-18/h1-15H,16-17H2. The molecule has 0 fully saturated rings. The molecule has 3 rings (SSSR count). The van der Waals surface area contributed by atoms with Crippen molar-refractivity contribution in [3.05, 3.63) is 102 Å². The highest BCUT2D eigenvalue weighted by molar-refractivity contribution is 7.83. The van der Waals surface area contributed by atoms with E-state index in [9.17, 15) is 9.36 Å². The Morgan fingerprint density at radius 2 is 1.28 bits per heavy atom. The minimum Gasteiger partial charge on any atom is -0.320 e. The van der Waals surface area contributed by atoms with Crippen LogP contribution in [0.15, 0.2) is 91.0 Å². The lowest BCUT2D eigenvalue weighted by Gasteiger charge is -2.18. The normalized spacial score (nSPS) is 13.1. The van der Waals surface area contributed by atoms with Crippen LogP contribution in [0.3, 0.4) is 0 Å². The molecule has 0 aliphatic rings. The van der Waals surface area contributed by atoms with E-state index in [0.29, 0.717) is 17.3 Å². The summed E-state index contributed by atoms with van der Waals surface area (Å²) in [5, 5.41) is 0.428. The van der Waals surface area contributed by atoms with E-state index < -0.39 is 12.9 Å². The van der Waals surface area contributed by atoms with Crippen LogP contribution in [-0.2, 0) is 15.5 Å². The molecule has 0 radical (unpaired) electrons. The van der Waals surface area contributed by atoms with E-state index >= 15 is 0 Å². The van der Waals surface area contributed by atoms with Crippen LogP contribution < -0.4 is 5.30 Å². The molecule has 1 unspecified atom stereocenters. The first-order valence-electron chi connectivity index (χ1n) is 8.14.